The van der Waals surface area contributed by atoms with Crippen LogP contribution in [0.3, 0.4) is 0 Å². The summed E-state index contributed by atoms with van der Waals surface area (Å²) in [6, 6.07) is -1.20. The Morgan fingerprint density at radius 3 is 2.17 bits per heavy atom. The minimum Gasteiger partial charge on any atom is -0.466 e. The molecule has 1 fully saturated rings. The Kier molecular flexibility index (Phi) is 7.10. The van der Waals surface area contributed by atoms with Gasteiger partial charge in [-0.3, -0.25) is 14.5 Å². The maximum atomic E-state index is 14.3. The Hall–Kier alpha value is -2.65. The molecular formula is C20H23F4NO5. The van der Waals surface area contributed by atoms with Crippen LogP contribution in [-0.4, -0.2) is 47.5 Å². The molecule has 0 radical (unpaired) electrons. The zero-order valence-corrected chi connectivity index (χ0v) is 17.1. The summed E-state index contributed by atoms with van der Waals surface area (Å²) in [6.45, 7) is 5.89. The summed E-state index contributed by atoms with van der Waals surface area (Å²) in [7, 11) is 0. The van der Waals surface area contributed by atoms with E-state index in [0.29, 0.717) is 0 Å². The number of ether oxygens (including phenoxy) is 2. The first kappa shape index (κ1) is 23.6. The number of hydrogen-bond acceptors (Lipinski definition) is 5. The zero-order chi connectivity index (χ0) is 22.8. The fourth-order valence-corrected chi connectivity index (χ4v) is 3.29. The average Bonchev–Trinajstić information content (AvgIpc) is 3.04. The first-order valence-electron chi connectivity index (χ1n) is 9.36. The van der Waals surface area contributed by atoms with Crippen molar-refractivity contribution in [2.75, 3.05) is 13.2 Å². The van der Waals surface area contributed by atoms with Crippen molar-refractivity contribution >= 4 is 17.8 Å². The molecule has 2 rings (SSSR count). The second kappa shape index (κ2) is 9.01. The van der Waals surface area contributed by atoms with Crippen LogP contribution in [0, 0.1) is 23.3 Å². The molecule has 30 heavy (non-hydrogen) atoms. The molecule has 166 valence electrons. The van der Waals surface area contributed by atoms with E-state index in [1.54, 1.807) is 27.7 Å². The predicted molar refractivity (Wildman–Crippen MR) is 96.6 cm³/mol. The third-order valence-electron chi connectivity index (χ3n) is 4.48. The molecule has 6 nitrogen and oxygen atoms in total. The lowest BCUT2D eigenvalue weighted by Gasteiger charge is -2.27. The highest BCUT2D eigenvalue weighted by Crippen LogP contribution is 2.37. The van der Waals surface area contributed by atoms with Gasteiger partial charge in [-0.1, -0.05) is 0 Å². The summed E-state index contributed by atoms with van der Waals surface area (Å²) in [4.78, 5) is 37.8. The molecule has 0 aliphatic carbocycles. The van der Waals surface area contributed by atoms with Gasteiger partial charge in [0.2, 0.25) is 0 Å². The molecule has 2 atom stereocenters. The largest absolute Gasteiger partial charge is 0.466 e. The highest BCUT2D eigenvalue weighted by molar-refractivity contribution is 6.00. The summed E-state index contributed by atoms with van der Waals surface area (Å²) in [5.41, 5.74) is -1.83. The monoisotopic (exact) mass is 433 g/mol. The van der Waals surface area contributed by atoms with Crippen molar-refractivity contribution in [1.29, 1.82) is 0 Å². The van der Waals surface area contributed by atoms with E-state index in [1.807, 2.05) is 0 Å². The topological polar surface area (TPSA) is 72.9 Å². The smallest absolute Gasteiger partial charge is 0.410 e. The van der Waals surface area contributed by atoms with Gasteiger partial charge in [0.1, 0.15) is 12.0 Å². The Morgan fingerprint density at radius 1 is 1.10 bits per heavy atom. The number of carbonyl (C=O) groups excluding carboxylic acids is 3. The Balaban J connectivity index is 2.38. The summed E-state index contributed by atoms with van der Waals surface area (Å²) >= 11 is 0. The van der Waals surface area contributed by atoms with E-state index in [9.17, 15) is 31.9 Å². The molecule has 0 bridgehead atoms. The zero-order valence-electron chi connectivity index (χ0n) is 17.1. The number of benzene rings is 1. The minimum atomic E-state index is -1.60. The van der Waals surface area contributed by atoms with Gasteiger partial charge >= 0.3 is 12.1 Å². The molecule has 2 unspecified atom stereocenters. The lowest BCUT2D eigenvalue weighted by molar-refractivity contribution is -0.146. The van der Waals surface area contributed by atoms with Crippen molar-refractivity contribution in [2.45, 2.75) is 58.1 Å². The standard InChI is InChI=1S/C20H23F4NO5/c1-5-29-15(27)8-14(26)13-6-10(9-25(13)19(28)30-20(2,3)4)16-17(23)11(21)7-12(22)18(16)24/h7,10,13H,5-6,8-9H2,1-4H3. The molecule has 1 aliphatic heterocycles. The van der Waals surface area contributed by atoms with Gasteiger partial charge < -0.3 is 9.47 Å². The second-order valence-electron chi connectivity index (χ2n) is 7.91. The van der Waals surface area contributed by atoms with E-state index < -0.39 is 77.2 Å². The van der Waals surface area contributed by atoms with Gasteiger partial charge in [-0.2, -0.15) is 0 Å². The van der Waals surface area contributed by atoms with E-state index in [-0.39, 0.29) is 19.1 Å². The van der Waals surface area contributed by atoms with Crippen molar-refractivity contribution in [1.82, 2.24) is 4.90 Å². The van der Waals surface area contributed by atoms with Crippen LogP contribution in [0.1, 0.15) is 52.0 Å². The van der Waals surface area contributed by atoms with Gasteiger partial charge in [-0.05, 0) is 34.1 Å². The Morgan fingerprint density at radius 2 is 1.67 bits per heavy atom. The second-order valence-corrected chi connectivity index (χ2v) is 7.91. The van der Waals surface area contributed by atoms with Crippen molar-refractivity contribution in [3.05, 3.63) is 34.9 Å². The predicted octanol–water partition coefficient (Wildman–Crippen LogP) is 3.86. The molecule has 1 aromatic rings. The molecule has 0 aromatic heterocycles. The van der Waals surface area contributed by atoms with E-state index in [1.165, 1.54) is 0 Å². The van der Waals surface area contributed by atoms with Crippen LogP contribution in [-0.2, 0) is 19.1 Å². The first-order chi connectivity index (χ1) is 13.9. The molecular weight excluding hydrogens is 410 g/mol. The van der Waals surface area contributed by atoms with Crippen LogP contribution >= 0.6 is 0 Å². The summed E-state index contributed by atoms with van der Waals surface area (Å²) in [5.74, 6) is -9.16. The molecule has 1 aromatic carbocycles. The number of Topliss-reactive ketones (excluding diaryl/α,β-unsaturated/α-hetero) is 1. The van der Waals surface area contributed by atoms with Gasteiger partial charge in [0.15, 0.2) is 29.1 Å². The third-order valence-corrected chi connectivity index (χ3v) is 4.48. The molecule has 1 saturated heterocycles. The first-order valence-corrected chi connectivity index (χ1v) is 9.36. The van der Waals surface area contributed by atoms with Crippen LogP contribution in [0.4, 0.5) is 22.4 Å². The van der Waals surface area contributed by atoms with Gasteiger partial charge in [0, 0.05) is 24.1 Å². The van der Waals surface area contributed by atoms with Gasteiger partial charge in [0.25, 0.3) is 0 Å². The summed E-state index contributed by atoms with van der Waals surface area (Å²) < 4.78 is 65.8. The van der Waals surface area contributed by atoms with Crippen molar-refractivity contribution in [3.8, 4) is 0 Å². The van der Waals surface area contributed by atoms with E-state index in [4.69, 9.17) is 9.47 Å². The number of likely N-dealkylation sites (tertiary alicyclic amines) is 1. The maximum Gasteiger partial charge on any atom is 0.410 e. The van der Waals surface area contributed by atoms with E-state index in [0.717, 1.165) is 4.90 Å². The van der Waals surface area contributed by atoms with E-state index in [2.05, 4.69) is 0 Å². The number of hydrogen-bond donors (Lipinski definition) is 0. The van der Waals surface area contributed by atoms with Gasteiger partial charge in [-0.25, -0.2) is 22.4 Å². The fraction of sp³-hybridized carbons (Fsp3) is 0.550. The molecule has 0 saturated carbocycles. The number of amides is 1. The van der Waals surface area contributed by atoms with Crippen molar-refractivity contribution < 1.29 is 41.4 Å². The Labute approximate surface area is 171 Å². The van der Waals surface area contributed by atoms with Crippen molar-refractivity contribution in [3.63, 3.8) is 0 Å². The lowest BCUT2D eigenvalue weighted by Crippen LogP contribution is -2.44. The van der Waals surface area contributed by atoms with Crippen LogP contribution in [0.5, 0.6) is 0 Å². The number of carbonyl (C=O) groups is 3. The Bertz CT molecular complexity index is 826. The van der Waals surface area contributed by atoms with Crippen LogP contribution in [0.25, 0.3) is 0 Å². The number of ketones is 1. The molecule has 10 heteroatoms. The van der Waals surface area contributed by atoms with Crippen LogP contribution in [0.2, 0.25) is 0 Å². The fourth-order valence-electron chi connectivity index (χ4n) is 3.29. The summed E-state index contributed by atoms with van der Waals surface area (Å²) in [6.07, 6.45) is -1.97. The van der Waals surface area contributed by atoms with Crippen molar-refractivity contribution in [2.24, 2.45) is 0 Å². The number of halogens is 4. The highest BCUT2D eigenvalue weighted by atomic mass is 19.2. The number of nitrogens with zero attached hydrogens (tertiary/aromatic N) is 1. The third kappa shape index (κ3) is 5.28. The highest BCUT2D eigenvalue weighted by Gasteiger charge is 2.44. The molecule has 1 aliphatic rings. The normalized spacial score (nSPS) is 19.0. The van der Waals surface area contributed by atoms with Gasteiger partial charge in [-0.15, -0.1) is 0 Å². The number of rotatable bonds is 5. The molecule has 0 spiro atoms. The van der Waals surface area contributed by atoms with Crippen LogP contribution < -0.4 is 0 Å². The lowest BCUT2D eigenvalue weighted by atomic mass is 9.93. The molecule has 1 heterocycles. The van der Waals surface area contributed by atoms with E-state index >= 15 is 0 Å². The average molecular weight is 433 g/mol. The number of esters is 1. The quantitative estimate of drug-likeness (QED) is 0.305. The minimum absolute atomic E-state index is 0.0359. The maximum absolute atomic E-state index is 14.3. The molecule has 1 amide bonds. The SMILES string of the molecule is CCOC(=O)CC(=O)C1CC(c2c(F)c(F)cc(F)c2F)CN1C(=O)OC(C)(C)C. The van der Waals surface area contributed by atoms with Gasteiger partial charge in [0.05, 0.1) is 12.6 Å². The van der Waals surface area contributed by atoms with Crippen LogP contribution in [0.15, 0.2) is 6.07 Å². The summed E-state index contributed by atoms with van der Waals surface area (Å²) in [5, 5.41) is 0. The molecule has 0 N–H and O–H groups in total.